The minimum absolute atomic E-state index is 0.0158. The van der Waals surface area contributed by atoms with Crippen LogP contribution in [0.1, 0.15) is 63.2 Å². The van der Waals surface area contributed by atoms with E-state index >= 15 is 0 Å². The Labute approximate surface area is 234 Å². The predicted octanol–water partition coefficient (Wildman–Crippen LogP) is 2.37. The quantitative estimate of drug-likeness (QED) is 0.259. The summed E-state index contributed by atoms with van der Waals surface area (Å²) in [6.07, 6.45) is -1.88. The van der Waals surface area contributed by atoms with Gasteiger partial charge < -0.3 is 37.9 Å². The largest absolute Gasteiger partial charge is 0.450 e. The molecule has 41 heavy (non-hydrogen) atoms. The lowest BCUT2D eigenvalue weighted by molar-refractivity contribution is -0.397. The maximum absolute atomic E-state index is 14.1. The molecule has 0 radical (unpaired) electrons. The highest BCUT2D eigenvalue weighted by Crippen LogP contribution is 2.53. The van der Waals surface area contributed by atoms with Crippen molar-refractivity contribution < 1.29 is 57.1 Å². The molecule has 12 heteroatoms. The number of carbonyl (C=O) groups is 4. The third-order valence-electron chi connectivity index (χ3n) is 7.63. The summed E-state index contributed by atoms with van der Waals surface area (Å²) in [5.74, 6) is -4.21. The first-order chi connectivity index (χ1) is 19.6. The summed E-state index contributed by atoms with van der Waals surface area (Å²) in [4.78, 5) is 51.9. The second kappa shape index (κ2) is 10.00. The number of epoxide rings is 1. The predicted molar refractivity (Wildman–Crippen MR) is 135 cm³/mol. The zero-order chi connectivity index (χ0) is 29.1. The van der Waals surface area contributed by atoms with E-state index < -0.39 is 47.5 Å². The standard InChI is InChI=1S/C29H28O12/c1-14-11-18-22(24(33)21-17(23(18)32)7-5-8-20(21)39-15(2)30)25-19(14)12-37-29(34-4,27-35-9-6-10-36-27)28(13-38-28)26(41-25)40-16(3)31/h5,7-8,11,26-27H,6,9-10,12-13H2,1-4H3/t26-,28+,29?/m1/s1. The number of rotatable bonds is 4. The number of aryl methyl sites for hydroxylation is 1. The lowest BCUT2D eigenvalue weighted by Crippen LogP contribution is -2.66. The van der Waals surface area contributed by atoms with E-state index in [0.717, 1.165) is 0 Å². The van der Waals surface area contributed by atoms with Crippen molar-refractivity contribution in [2.24, 2.45) is 0 Å². The van der Waals surface area contributed by atoms with Crippen LogP contribution in [0.15, 0.2) is 24.3 Å². The summed E-state index contributed by atoms with van der Waals surface area (Å²) in [6.45, 7) is 4.70. The molecular formula is C29H28O12. The SMILES string of the molecule is COC1(C2OCCCO2)OCc2c(C)cc3c(c2O[C@@H](OC(C)=O)[C@@]12CO2)C(=O)c1c(OC(C)=O)cccc1C3=O. The molecule has 1 spiro atoms. The number of esters is 2. The smallest absolute Gasteiger partial charge is 0.308 e. The van der Waals surface area contributed by atoms with Crippen LogP contribution >= 0.6 is 0 Å². The zero-order valence-electron chi connectivity index (χ0n) is 22.9. The molecule has 1 aliphatic carbocycles. The van der Waals surface area contributed by atoms with E-state index in [1.807, 2.05) is 0 Å². The highest BCUT2D eigenvalue weighted by Gasteiger charge is 2.76. The maximum atomic E-state index is 14.1. The molecule has 1 unspecified atom stereocenters. The third-order valence-corrected chi connectivity index (χ3v) is 7.63. The number of fused-ring (bicyclic) bond motifs is 4. The first-order valence-electron chi connectivity index (χ1n) is 13.1. The van der Waals surface area contributed by atoms with Gasteiger partial charge in [0.15, 0.2) is 5.78 Å². The molecule has 0 amide bonds. The van der Waals surface area contributed by atoms with Gasteiger partial charge in [-0.05, 0) is 31.0 Å². The first-order valence-corrected chi connectivity index (χ1v) is 13.1. The van der Waals surface area contributed by atoms with Crippen LogP contribution in [-0.2, 0) is 44.6 Å². The van der Waals surface area contributed by atoms with Gasteiger partial charge in [-0.3, -0.25) is 19.2 Å². The number of benzene rings is 2. The van der Waals surface area contributed by atoms with E-state index in [-0.39, 0.29) is 47.0 Å². The first kappa shape index (κ1) is 27.5. The van der Waals surface area contributed by atoms with Crippen molar-refractivity contribution >= 4 is 23.5 Å². The van der Waals surface area contributed by atoms with Gasteiger partial charge in [0.1, 0.15) is 11.5 Å². The van der Waals surface area contributed by atoms with Gasteiger partial charge in [-0.1, -0.05) is 12.1 Å². The Morgan fingerprint density at radius 3 is 2.34 bits per heavy atom. The van der Waals surface area contributed by atoms with E-state index in [9.17, 15) is 19.2 Å². The van der Waals surface area contributed by atoms with E-state index in [2.05, 4.69) is 0 Å². The lowest BCUT2D eigenvalue weighted by atomic mass is 9.80. The highest BCUT2D eigenvalue weighted by atomic mass is 16.8. The summed E-state index contributed by atoms with van der Waals surface area (Å²) in [5, 5.41) is 0. The minimum Gasteiger partial charge on any atom is -0.450 e. The van der Waals surface area contributed by atoms with Crippen LogP contribution in [0.3, 0.4) is 0 Å². The van der Waals surface area contributed by atoms with Gasteiger partial charge in [-0.25, -0.2) is 0 Å². The van der Waals surface area contributed by atoms with Crippen molar-refractivity contribution in [1.82, 2.24) is 0 Å². The monoisotopic (exact) mass is 568 g/mol. The van der Waals surface area contributed by atoms with Gasteiger partial charge in [0.2, 0.25) is 17.7 Å². The van der Waals surface area contributed by atoms with E-state index in [1.165, 1.54) is 39.2 Å². The normalized spacial score (nSPS) is 27.1. The fourth-order valence-corrected chi connectivity index (χ4v) is 5.66. The van der Waals surface area contributed by atoms with Gasteiger partial charge in [-0.15, -0.1) is 0 Å². The number of hydrogen-bond donors (Lipinski definition) is 0. The molecule has 3 aliphatic heterocycles. The van der Waals surface area contributed by atoms with Crippen LogP contribution in [0.5, 0.6) is 11.5 Å². The molecule has 2 fully saturated rings. The van der Waals surface area contributed by atoms with Crippen molar-refractivity contribution in [2.75, 3.05) is 26.9 Å². The lowest BCUT2D eigenvalue weighted by Gasteiger charge is -2.46. The average Bonchev–Trinajstić information content (AvgIpc) is 3.75. The van der Waals surface area contributed by atoms with Gasteiger partial charge in [0.25, 0.3) is 12.1 Å². The Kier molecular flexibility index (Phi) is 6.70. The van der Waals surface area contributed by atoms with Crippen molar-refractivity contribution in [3.8, 4) is 11.5 Å². The fourth-order valence-electron chi connectivity index (χ4n) is 5.66. The molecule has 216 valence electrons. The van der Waals surface area contributed by atoms with Crippen LogP contribution in [0.25, 0.3) is 0 Å². The van der Waals surface area contributed by atoms with Gasteiger partial charge >= 0.3 is 11.9 Å². The maximum Gasteiger partial charge on any atom is 0.308 e. The van der Waals surface area contributed by atoms with Crippen molar-refractivity contribution in [1.29, 1.82) is 0 Å². The zero-order valence-corrected chi connectivity index (χ0v) is 22.9. The number of methoxy groups -OCH3 is 1. The van der Waals surface area contributed by atoms with Gasteiger partial charge in [-0.2, -0.15) is 0 Å². The molecule has 2 aromatic carbocycles. The number of carbonyl (C=O) groups excluding carboxylic acids is 4. The number of ketones is 2. The van der Waals surface area contributed by atoms with Gasteiger partial charge in [0.05, 0.1) is 37.6 Å². The second-order valence-corrected chi connectivity index (χ2v) is 10.2. The van der Waals surface area contributed by atoms with E-state index in [0.29, 0.717) is 30.8 Å². The summed E-state index contributed by atoms with van der Waals surface area (Å²) < 4.78 is 47.2. The van der Waals surface area contributed by atoms with Crippen molar-refractivity contribution in [3.05, 3.63) is 57.6 Å². The molecule has 2 aromatic rings. The average molecular weight is 569 g/mol. The van der Waals surface area contributed by atoms with Crippen molar-refractivity contribution in [3.63, 3.8) is 0 Å². The Bertz CT molecular complexity index is 1470. The van der Waals surface area contributed by atoms with Crippen LogP contribution < -0.4 is 9.47 Å². The third kappa shape index (κ3) is 4.17. The molecule has 4 aliphatic rings. The number of hydrogen-bond acceptors (Lipinski definition) is 12. The summed E-state index contributed by atoms with van der Waals surface area (Å²) in [5.41, 5.74) is -0.530. The van der Waals surface area contributed by atoms with Crippen LogP contribution in [0.2, 0.25) is 0 Å². The highest BCUT2D eigenvalue weighted by molar-refractivity contribution is 6.30. The Balaban J connectivity index is 1.54. The Hall–Kier alpha value is -3.68. The molecule has 0 N–H and O–H groups in total. The fraction of sp³-hybridized carbons (Fsp3) is 0.448. The molecule has 6 rings (SSSR count). The molecule has 3 atom stereocenters. The van der Waals surface area contributed by atoms with Crippen LogP contribution in [-0.4, -0.2) is 74.4 Å². The molecule has 0 saturated carbocycles. The molecule has 0 bridgehead atoms. The molecule has 12 nitrogen and oxygen atoms in total. The van der Waals surface area contributed by atoms with E-state index in [4.69, 9.17) is 37.9 Å². The minimum atomic E-state index is -1.72. The van der Waals surface area contributed by atoms with E-state index in [1.54, 1.807) is 13.0 Å². The van der Waals surface area contributed by atoms with Crippen LogP contribution in [0, 0.1) is 6.92 Å². The Morgan fingerprint density at radius 1 is 0.976 bits per heavy atom. The second-order valence-electron chi connectivity index (χ2n) is 10.2. The number of ether oxygens (including phenoxy) is 8. The van der Waals surface area contributed by atoms with Crippen LogP contribution in [0.4, 0.5) is 0 Å². The summed E-state index contributed by atoms with van der Waals surface area (Å²) in [7, 11) is 1.40. The molecule has 2 saturated heterocycles. The molecule has 3 heterocycles. The molecule has 0 aromatic heterocycles. The summed E-state index contributed by atoms with van der Waals surface area (Å²) in [6, 6.07) is 6.04. The Morgan fingerprint density at radius 2 is 1.71 bits per heavy atom. The van der Waals surface area contributed by atoms with Crippen molar-refractivity contribution in [2.45, 2.75) is 57.8 Å². The summed E-state index contributed by atoms with van der Waals surface area (Å²) >= 11 is 0. The topological polar surface area (TPSA) is 145 Å². The van der Waals surface area contributed by atoms with Gasteiger partial charge in [0, 0.05) is 37.6 Å². The molecular weight excluding hydrogens is 540 g/mol.